The minimum absolute atomic E-state index is 0.147. The Morgan fingerprint density at radius 1 is 1.07 bits per heavy atom. The summed E-state index contributed by atoms with van der Waals surface area (Å²) in [5.74, 6) is -0.296. The molecule has 1 aliphatic heterocycles. The summed E-state index contributed by atoms with van der Waals surface area (Å²) >= 11 is 0. The number of carbonyl (C=O) groups is 2. The van der Waals surface area contributed by atoms with Crippen LogP contribution in [-0.4, -0.2) is 23.9 Å². The molecule has 0 aromatic carbocycles. The van der Waals surface area contributed by atoms with Crippen molar-refractivity contribution in [2.24, 2.45) is 0 Å². The summed E-state index contributed by atoms with van der Waals surface area (Å²) in [5.41, 5.74) is 0. The maximum atomic E-state index is 11.3. The minimum Gasteiger partial charge on any atom is -0.303 e. The van der Waals surface area contributed by atoms with Gasteiger partial charge in [0.05, 0.1) is 12.5 Å². The summed E-state index contributed by atoms with van der Waals surface area (Å²) in [6, 6.07) is 0.148. The molecule has 0 bridgehead atoms. The first-order valence-electron chi connectivity index (χ1n) is 5.85. The van der Waals surface area contributed by atoms with E-state index in [9.17, 15) is 9.59 Å². The zero-order valence-corrected chi connectivity index (χ0v) is 8.92. The fourth-order valence-corrected chi connectivity index (χ4v) is 2.42. The minimum atomic E-state index is -0.277. The average molecular weight is 210 g/mol. The quantitative estimate of drug-likeness (QED) is 0.521. The molecule has 0 radical (unpaired) electrons. The molecule has 2 fully saturated rings. The molecule has 1 saturated carbocycles. The van der Waals surface area contributed by atoms with Crippen molar-refractivity contribution in [3.63, 3.8) is 0 Å². The summed E-state index contributed by atoms with van der Waals surface area (Å²) < 4.78 is 0. The average Bonchev–Trinajstić information content (AvgIpc) is 2.44. The van der Waals surface area contributed by atoms with E-state index in [1.807, 2.05) is 0 Å². The molecule has 4 nitrogen and oxygen atoms in total. The summed E-state index contributed by atoms with van der Waals surface area (Å²) in [6.07, 6.45) is 7.66. The Morgan fingerprint density at radius 2 is 1.73 bits per heavy atom. The van der Waals surface area contributed by atoms with Gasteiger partial charge in [0.15, 0.2) is 0 Å². The van der Waals surface area contributed by atoms with E-state index in [-0.39, 0.29) is 17.9 Å². The van der Waals surface area contributed by atoms with Crippen molar-refractivity contribution in [3.8, 4) is 0 Å². The standard InChI is InChI=1S/C11H18N2O2/c14-10-7-9(11(15)13-10)12-8-5-3-1-2-4-6-8/h8-9,12H,1-7H2,(H,13,14,15)/t9-/m0/s1. The van der Waals surface area contributed by atoms with Gasteiger partial charge in [0, 0.05) is 6.04 Å². The van der Waals surface area contributed by atoms with Gasteiger partial charge in [-0.2, -0.15) is 0 Å². The maximum absolute atomic E-state index is 11.3. The van der Waals surface area contributed by atoms with Gasteiger partial charge in [-0.15, -0.1) is 0 Å². The molecule has 2 amide bonds. The Bertz CT molecular complexity index is 257. The van der Waals surface area contributed by atoms with E-state index in [1.165, 1.54) is 25.7 Å². The van der Waals surface area contributed by atoms with E-state index >= 15 is 0 Å². The molecule has 1 aliphatic carbocycles. The van der Waals surface area contributed by atoms with Crippen molar-refractivity contribution in [3.05, 3.63) is 0 Å². The zero-order valence-electron chi connectivity index (χ0n) is 8.92. The predicted octanol–water partition coefficient (Wildman–Crippen LogP) is 0.714. The second-order valence-corrected chi connectivity index (χ2v) is 4.52. The summed E-state index contributed by atoms with van der Waals surface area (Å²) in [5, 5.41) is 5.64. The molecule has 2 rings (SSSR count). The number of nitrogens with one attached hydrogen (secondary N) is 2. The van der Waals surface area contributed by atoms with E-state index in [0.29, 0.717) is 12.5 Å². The third-order valence-corrected chi connectivity index (χ3v) is 3.26. The van der Waals surface area contributed by atoms with Gasteiger partial charge in [-0.25, -0.2) is 0 Å². The summed E-state index contributed by atoms with van der Waals surface area (Å²) in [4.78, 5) is 22.4. The highest BCUT2D eigenvalue weighted by Gasteiger charge is 2.31. The lowest BCUT2D eigenvalue weighted by Crippen LogP contribution is -2.42. The van der Waals surface area contributed by atoms with Crippen LogP contribution in [0.2, 0.25) is 0 Å². The number of hydrogen-bond donors (Lipinski definition) is 2. The first-order chi connectivity index (χ1) is 7.25. The van der Waals surface area contributed by atoms with Crippen LogP contribution in [0.25, 0.3) is 0 Å². The van der Waals surface area contributed by atoms with Crippen LogP contribution in [0.15, 0.2) is 0 Å². The highest BCUT2D eigenvalue weighted by molar-refractivity contribution is 6.05. The van der Waals surface area contributed by atoms with Gasteiger partial charge in [-0.05, 0) is 12.8 Å². The predicted molar refractivity (Wildman–Crippen MR) is 56.2 cm³/mol. The fourth-order valence-electron chi connectivity index (χ4n) is 2.42. The van der Waals surface area contributed by atoms with Crippen molar-refractivity contribution in [1.29, 1.82) is 0 Å². The molecule has 84 valence electrons. The third kappa shape index (κ3) is 2.78. The molecule has 15 heavy (non-hydrogen) atoms. The topological polar surface area (TPSA) is 58.2 Å². The zero-order chi connectivity index (χ0) is 10.7. The fraction of sp³-hybridized carbons (Fsp3) is 0.818. The lowest BCUT2D eigenvalue weighted by atomic mass is 10.1. The third-order valence-electron chi connectivity index (χ3n) is 3.26. The molecule has 0 spiro atoms. The molecular weight excluding hydrogens is 192 g/mol. The normalized spacial score (nSPS) is 28.9. The van der Waals surface area contributed by atoms with Gasteiger partial charge < -0.3 is 5.32 Å². The number of hydrogen-bond acceptors (Lipinski definition) is 3. The van der Waals surface area contributed by atoms with Gasteiger partial charge in [0.25, 0.3) is 0 Å². The second-order valence-electron chi connectivity index (χ2n) is 4.52. The molecule has 1 saturated heterocycles. The number of imide groups is 1. The van der Waals surface area contributed by atoms with Crippen LogP contribution in [0, 0.1) is 0 Å². The molecular formula is C11H18N2O2. The molecule has 2 aliphatic rings. The summed E-state index contributed by atoms with van der Waals surface area (Å²) in [7, 11) is 0. The molecule has 1 heterocycles. The van der Waals surface area contributed by atoms with Crippen molar-refractivity contribution in [2.45, 2.75) is 57.0 Å². The molecule has 1 atom stereocenters. The lowest BCUT2D eigenvalue weighted by Gasteiger charge is -2.19. The Morgan fingerprint density at radius 3 is 2.27 bits per heavy atom. The first-order valence-corrected chi connectivity index (χ1v) is 5.85. The molecule has 2 N–H and O–H groups in total. The van der Waals surface area contributed by atoms with Crippen molar-refractivity contribution in [1.82, 2.24) is 10.6 Å². The van der Waals surface area contributed by atoms with Crippen LogP contribution < -0.4 is 10.6 Å². The van der Waals surface area contributed by atoms with Crippen molar-refractivity contribution in [2.75, 3.05) is 0 Å². The second kappa shape index (κ2) is 4.75. The van der Waals surface area contributed by atoms with Crippen LogP contribution >= 0.6 is 0 Å². The van der Waals surface area contributed by atoms with E-state index in [0.717, 1.165) is 12.8 Å². The first kappa shape index (κ1) is 10.6. The Kier molecular flexibility index (Phi) is 3.36. The smallest absolute Gasteiger partial charge is 0.244 e. The van der Waals surface area contributed by atoms with Crippen molar-refractivity contribution >= 4 is 11.8 Å². The van der Waals surface area contributed by atoms with E-state index in [1.54, 1.807) is 0 Å². The monoisotopic (exact) mass is 210 g/mol. The largest absolute Gasteiger partial charge is 0.303 e. The molecule has 0 unspecified atom stereocenters. The summed E-state index contributed by atoms with van der Waals surface area (Å²) in [6.45, 7) is 0. The number of amides is 2. The van der Waals surface area contributed by atoms with Crippen LogP contribution in [0.1, 0.15) is 44.9 Å². The SMILES string of the molecule is O=C1C[C@H](NC2CCCCCC2)C(=O)N1. The van der Waals surface area contributed by atoms with Gasteiger partial charge in [-0.3, -0.25) is 14.9 Å². The lowest BCUT2D eigenvalue weighted by molar-refractivity contribution is -0.125. The number of rotatable bonds is 2. The van der Waals surface area contributed by atoms with Crippen LogP contribution in [-0.2, 0) is 9.59 Å². The molecule has 0 aromatic rings. The maximum Gasteiger partial charge on any atom is 0.244 e. The molecule has 0 aromatic heterocycles. The van der Waals surface area contributed by atoms with Crippen molar-refractivity contribution < 1.29 is 9.59 Å². The van der Waals surface area contributed by atoms with Crippen LogP contribution in [0.5, 0.6) is 0 Å². The van der Waals surface area contributed by atoms with Gasteiger partial charge in [-0.1, -0.05) is 25.7 Å². The van der Waals surface area contributed by atoms with Crippen LogP contribution in [0.4, 0.5) is 0 Å². The van der Waals surface area contributed by atoms with E-state index < -0.39 is 0 Å². The highest BCUT2D eigenvalue weighted by Crippen LogP contribution is 2.18. The molecule has 4 heteroatoms. The Balaban J connectivity index is 1.84. The van der Waals surface area contributed by atoms with Crippen LogP contribution in [0.3, 0.4) is 0 Å². The van der Waals surface area contributed by atoms with Gasteiger partial charge >= 0.3 is 0 Å². The van der Waals surface area contributed by atoms with E-state index in [2.05, 4.69) is 10.6 Å². The van der Waals surface area contributed by atoms with E-state index in [4.69, 9.17) is 0 Å². The highest BCUT2D eigenvalue weighted by atomic mass is 16.2. The Labute approximate surface area is 89.8 Å². The van der Waals surface area contributed by atoms with Gasteiger partial charge in [0.2, 0.25) is 11.8 Å². The van der Waals surface area contributed by atoms with Gasteiger partial charge in [0.1, 0.15) is 0 Å². The Hall–Kier alpha value is -0.900. The number of carbonyl (C=O) groups excluding carboxylic acids is 2.